The quantitative estimate of drug-likeness (QED) is 0.810. The SMILES string of the molecule is CC(C)CC(CO)NCC1Cc2ccccc2O1. The normalized spacial score (nSPS) is 19.7. The van der Waals surface area contributed by atoms with Crippen molar-refractivity contribution in [2.45, 2.75) is 38.8 Å². The smallest absolute Gasteiger partial charge is 0.123 e. The highest BCUT2D eigenvalue weighted by molar-refractivity contribution is 5.37. The van der Waals surface area contributed by atoms with E-state index >= 15 is 0 Å². The molecule has 1 aliphatic rings. The highest BCUT2D eigenvalue weighted by Gasteiger charge is 2.22. The number of nitrogens with one attached hydrogen (secondary N) is 1. The third-order valence-electron chi connectivity index (χ3n) is 3.32. The van der Waals surface area contributed by atoms with Crippen LogP contribution in [-0.2, 0) is 6.42 Å². The monoisotopic (exact) mass is 249 g/mol. The van der Waals surface area contributed by atoms with E-state index in [1.807, 2.05) is 18.2 Å². The Kier molecular flexibility index (Phi) is 4.61. The number of aliphatic hydroxyl groups excluding tert-OH is 1. The van der Waals surface area contributed by atoms with Gasteiger partial charge in [-0.3, -0.25) is 0 Å². The first-order chi connectivity index (χ1) is 8.69. The van der Waals surface area contributed by atoms with Crippen LogP contribution in [0.5, 0.6) is 5.75 Å². The van der Waals surface area contributed by atoms with Crippen LogP contribution in [-0.4, -0.2) is 30.4 Å². The average molecular weight is 249 g/mol. The van der Waals surface area contributed by atoms with Crippen molar-refractivity contribution < 1.29 is 9.84 Å². The molecule has 0 amide bonds. The molecule has 2 atom stereocenters. The van der Waals surface area contributed by atoms with Crippen molar-refractivity contribution in [1.82, 2.24) is 5.32 Å². The molecule has 0 radical (unpaired) electrons. The fraction of sp³-hybridized carbons (Fsp3) is 0.600. The second kappa shape index (κ2) is 6.21. The molecule has 18 heavy (non-hydrogen) atoms. The standard InChI is InChI=1S/C15H23NO2/c1-11(2)7-13(10-17)16-9-14-8-12-5-3-4-6-15(12)18-14/h3-6,11,13-14,16-17H,7-10H2,1-2H3. The number of rotatable bonds is 6. The minimum Gasteiger partial charge on any atom is -0.488 e. The highest BCUT2D eigenvalue weighted by Crippen LogP contribution is 2.27. The van der Waals surface area contributed by atoms with Gasteiger partial charge in [0, 0.05) is 19.0 Å². The maximum Gasteiger partial charge on any atom is 0.123 e. The van der Waals surface area contributed by atoms with Crippen molar-refractivity contribution in [3.8, 4) is 5.75 Å². The van der Waals surface area contributed by atoms with E-state index in [4.69, 9.17) is 4.74 Å². The molecular weight excluding hydrogens is 226 g/mol. The molecule has 1 heterocycles. The molecule has 2 unspecified atom stereocenters. The molecule has 1 aromatic rings. The molecule has 3 nitrogen and oxygen atoms in total. The Morgan fingerprint density at radius 2 is 2.17 bits per heavy atom. The summed E-state index contributed by atoms with van der Waals surface area (Å²) in [5, 5.41) is 12.7. The molecule has 0 aromatic heterocycles. The Morgan fingerprint density at radius 3 is 2.83 bits per heavy atom. The fourth-order valence-electron chi connectivity index (χ4n) is 2.46. The third kappa shape index (κ3) is 3.47. The molecule has 0 aliphatic carbocycles. The van der Waals surface area contributed by atoms with Gasteiger partial charge in [0.15, 0.2) is 0 Å². The molecular formula is C15H23NO2. The zero-order valence-electron chi connectivity index (χ0n) is 11.2. The van der Waals surface area contributed by atoms with Crippen LogP contribution in [0.25, 0.3) is 0 Å². The Morgan fingerprint density at radius 1 is 1.39 bits per heavy atom. The van der Waals surface area contributed by atoms with Crippen molar-refractivity contribution in [3.05, 3.63) is 29.8 Å². The summed E-state index contributed by atoms with van der Waals surface area (Å²) in [6, 6.07) is 8.37. The van der Waals surface area contributed by atoms with Crippen LogP contribution in [0, 0.1) is 5.92 Å². The molecule has 100 valence electrons. The number of ether oxygens (including phenoxy) is 1. The van der Waals surface area contributed by atoms with Crippen molar-refractivity contribution >= 4 is 0 Å². The van der Waals surface area contributed by atoms with Gasteiger partial charge in [0.1, 0.15) is 11.9 Å². The number of fused-ring (bicyclic) bond motifs is 1. The average Bonchev–Trinajstić information content (AvgIpc) is 2.76. The Hall–Kier alpha value is -1.06. The van der Waals surface area contributed by atoms with E-state index in [9.17, 15) is 5.11 Å². The van der Waals surface area contributed by atoms with Gasteiger partial charge in [-0.2, -0.15) is 0 Å². The van der Waals surface area contributed by atoms with Gasteiger partial charge in [0.05, 0.1) is 6.61 Å². The van der Waals surface area contributed by atoms with E-state index < -0.39 is 0 Å². The lowest BCUT2D eigenvalue weighted by molar-refractivity contribution is 0.187. The van der Waals surface area contributed by atoms with Crippen molar-refractivity contribution in [2.24, 2.45) is 5.92 Å². The van der Waals surface area contributed by atoms with Gasteiger partial charge in [-0.1, -0.05) is 32.0 Å². The lowest BCUT2D eigenvalue weighted by Gasteiger charge is -2.20. The van der Waals surface area contributed by atoms with Gasteiger partial charge in [0.25, 0.3) is 0 Å². The van der Waals surface area contributed by atoms with E-state index in [0.29, 0.717) is 5.92 Å². The summed E-state index contributed by atoms with van der Waals surface area (Å²) in [6.07, 6.45) is 2.16. The number of aliphatic hydroxyl groups is 1. The molecule has 2 N–H and O–H groups in total. The molecule has 3 heteroatoms. The number of para-hydroxylation sites is 1. The van der Waals surface area contributed by atoms with Crippen LogP contribution in [0.3, 0.4) is 0 Å². The maximum absolute atomic E-state index is 9.32. The van der Waals surface area contributed by atoms with Gasteiger partial charge in [-0.05, 0) is 24.0 Å². The van der Waals surface area contributed by atoms with Crippen LogP contribution in [0.4, 0.5) is 0 Å². The van der Waals surface area contributed by atoms with Crippen LogP contribution in [0.15, 0.2) is 24.3 Å². The molecule has 0 bridgehead atoms. The first-order valence-electron chi connectivity index (χ1n) is 6.78. The summed E-state index contributed by atoms with van der Waals surface area (Å²) >= 11 is 0. The van der Waals surface area contributed by atoms with Gasteiger partial charge in [-0.25, -0.2) is 0 Å². The fourth-order valence-corrected chi connectivity index (χ4v) is 2.46. The second-order valence-electron chi connectivity index (χ2n) is 5.47. The lowest BCUT2D eigenvalue weighted by atomic mass is 10.0. The van der Waals surface area contributed by atoms with E-state index in [0.717, 1.165) is 25.1 Å². The van der Waals surface area contributed by atoms with Crippen LogP contribution < -0.4 is 10.1 Å². The van der Waals surface area contributed by atoms with Crippen molar-refractivity contribution in [1.29, 1.82) is 0 Å². The third-order valence-corrected chi connectivity index (χ3v) is 3.32. The molecule has 0 saturated carbocycles. The molecule has 0 saturated heterocycles. The number of hydrogen-bond acceptors (Lipinski definition) is 3. The van der Waals surface area contributed by atoms with Gasteiger partial charge >= 0.3 is 0 Å². The molecule has 0 spiro atoms. The molecule has 1 aromatic carbocycles. The maximum atomic E-state index is 9.32. The predicted molar refractivity (Wildman–Crippen MR) is 72.9 cm³/mol. The minimum atomic E-state index is 0.178. The van der Waals surface area contributed by atoms with Crippen LogP contribution in [0.2, 0.25) is 0 Å². The highest BCUT2D eigenvalue weighted by atomic mass is 16.5. The Labute approximate surface area is 109 Å². The summed E-state index contributed by atoms with van der Waals surface area (Å²) in [5.41, 5.74) is 1.29. The van der Waals surface area contributed by atoms with Crippen molar-refractivity contribution in [2.75, 3.05) is 13.2 Å². The summed E-state index contributed by atoms with van der Waals surface area (Å²) < 4.78 is 5.86. The predicted octanol–water partition coefficient (Wildman–Crippen LogP) is 1.99. The second-order valence-corrected chi connectivity index (χ2v) is 5.47. The summed E-state index contributed by atoms with van der Waals surface area (Å²) in [7, 11) is 0. The van der Waals surface area contributed by atoms with E-state index in [1.165, 1.54) is 5.56 Å². The summed E-state index contributed by atoms with van der Waals surface area (Å²) in [6.45, 7) is 5.34. The van der Waals surface area contributed by atoms with Gasteiger partial charge in [-0.15, -0.1) is 0 Å². The van der Waals surface area contributed by atoms with Crippen LogP contribution >= 0.6 is 0 Å². The Balaban J connectivity index is 1.79. The molecule has 0 fully saturated rings. The largest absolute Gasteiger partial charge is 0.488 e. The van der Waals surface area contributed by atoms with E-state index in [-0.39, 0.29) is 18.8 Å². The number of benzene rings is 1. The zero-order valence-corrected chi connectivity index (χ0v) is 11.2. The molecule has 2 rings (SSSR count). The first-order valence-corrected chi connectivity index (χ1v) is 6.78. The summed E-state index contributed by atoms with van der Waals surface area (Å²) in [4.78, 5) is 0. The zero-order chi connectivity index (χ0) is 13.0. The topological polar surface area (TPSA) is 41.5 Å². The van der Waals surface area contributed by atoms with Gasteiger partial charge < -0.3 is 15.2 Å². The Bertz CT molecular complexity index is 354. The number of hydrogen-bond donors (Lipinski definition) is 2. The molecule has 1 aliphatic heterocycles. The first kappa shape index (κ1) is 13.4. The minimum absolute atomic E-state index is 0.178. The van der Waals surface area contributed by atoms with E-state index in [2.05, 4.69) is 25.2 Å². The van der Waals surface area contributed by atoms with Crippen molar-refractivity contribution in [3.63, 3.8) is 0 Å². The van der Waals surface area contributed by atoms with Gasteiger partial charge in [0.2, 0.25) is 0 Å². The van der Waals surface area contributed by atoms with Crippen LogP contribution in [0.1, 0.15) is 25.8 Å². The lowest BCUT2D eigenvalue weighted by Crippen LogP contribution is -2.40. The summed E-state index contributed by atoms with van der Waals surface area (Å²) in [5.74, 6) is 1.60. The van der Waals surface area contributed by atoms with E-state index in [1.54, 1.807) is 0 Å².